The highest BCUT2D eigenvalue weighted by atomic mass is 16.5. The van der Waals surface area contributed by atoms with E-state index in [0.29, 0.717) is 18.2 Å². The zero-order chi connectivity index (χ0) is 36.8. The molecule has 4 aromatic rings. The molecule has 4 heterocycles. The molecule has 0 saturated carbocycles. The average molecular weight is 705 g/mol. The Hall–Kier alpha value is -4.80. The van der Waals surface area contributed by atoms with Crippen LogP contribution < -0.4 is 20.5 Å². The van der Waals surface area contributed by atoms with E-state index >= 15 is 0 Å². The molecule has 0 radical (unpaired) electrons. The van der Waals surface area contributed by atoms with Crippen molar-refractivity contribution in [2.75, 3.05) is 40.4 Å². The van der Waals surface area contributed by atoms with Gasteiger partial charge in [-0.3, -0.25) is 24.4 Å². The van der Waals surface area contributed by atoms with E-state index in [4.69, 9.17) is 25.2 Å². The molecule has 2 amide bonds. The summed E-state index contributed by atoms with van der Waals surface area (Å²) < 4.78 is 11.7. The summed E-state index contributed by atoms with van der Waals surface area (Å²) >= 11 is 0. The van der Waals surface area contributed by atoms with Crippen LogP contribution in [0.3, 0.4) is 0 Å². The highest BCUT2D eigenvalue weighted by Crippen LogP contribution is 2.37. The van der Waals surface area contributed by atoms with Crippen LogP contribution in [0.5, 0.6) is 11.6 Å². The molecule has 2 aromatic heterocycles. The van der Waals surface area contributed by atoms with Gasteiger partial charge >= 0.3 is 0 Å². The number of piperidine rings is 2. The zero-order valence-corrected chi connectivity index (χ0v) is 31.2. The largest absolute Gasteiger partial charge is 0.496 e. The van der Waals surface area contributed by atoms with Crippen LogP contribution in [-0.2, 0) is 22.7 Å². The lowest BCUT2D eigenvalue weighted by Gasteiger charge is -2.32. The van der Waals surface area contributed by atoms with Crippen molar-refractivity contribution in [2.24, 2.45) is 11.7 Å². The minimum Gasteiger partial charge on any atom is -0.496 e. The Morgan fingerprint density at radius 2 is 1.48 bits per heavy atom. The van der Waals surface area contributed by atoms with E-state index in [1.54, 1.807) is 21.1 Å². The number of carbonyl (C=O) groups excluding carboxylic acids is 2. The third-order valence-corrected chi connectivity index (χ3v) is 10.8. The normalized spacial score (nSPS) is 16.1. The van der Waals surface area contributed by atoms with Crippen LogP contribution in [0.4, 0.5) is 0 Å². The van der Waals surface area contributed by atoms with Gasteiger partial charge in [-0.1, -0.05) is 36.4 Å². The Bertz CT molecular complexity index is 1760. The summed E-state index contributed by atoms with van der Waals surface area (Å²) in [5.74, 6) is 1.68. The molecular formula is C42H52N6O4. The molecule has 0 bridgehead atoms. The van der Waals surface area contributed by atoms with Crippen molar-refractivity contribution in [1.82, 2.24) is 25.1 Å². The van der Waals surface area contributed by atoms with Gasteiger partial charge in [0.15, 0.2) is 0 Å². The second-order valence-corrected chi connectivity index (χ2v) is 14.3. The number of methoxy groups -OCH3 is 2. The highest BCUT2D eigenvalue weighted by Gasteiger charge is 2.24. The van der Waals surface area contributed by atoms with Crippen LogP contribution in [0.1, 0.15) is 61.3 Å². The molecule has 274 valence electrons. The summed E-state index contributed by atoms with van der Waals surface area (Å²) in [6, 6.07) is 19.3. The maximum atomic E-state index is 11.5. The first-order chi connectivity index (χ1) is 25.1. The van der Waals surface area contributed by atoms with Crippen molar-refractivity contribution in [3.8, 4) is 45.3 Å². The van der Waals surface area contributed by atoms with E-state index in [-0.39, 0.29) is 17.9 Å². The standard InChI is InChI=1S/C42H52N6O4/c1-27-35(7-6-8-37(27)38-12-11-33(42(46-38)52-5)26-47-19-14-30(15-20-47)23-40(43)50)36-13-18-44-41(28(36)2)31-9-10-32(39(24-31)51-4)25-48-21-16-34(17-22-48)45-29(3)49/h6-13,18,24,30,34H,14-17,19-23,25-26H2,1-5H3,(H2,43,50)(H,45,49). The average Bonchev–Trinajstić information content (AvgIpc) is 3.13. The van der Waals surface area contributed by atoms with E-state index in [9.17, 15) is 9.59 Å². The summed E-state index contributed by atoms with van der Waals surface area (Å²) in [4.78, 5) is 37.5. The number of aromatic nitrogens is 2. The number of hydrogen-bond acceptors (Lipinski definition) is 8. The molecule has 10 heteroatoms. The Morgan fingerprint density at radius 3 is 2.15 bits per heavy atom. The number of benzene rings is 2. The lowest BCUT2D eigenvalue weighted by atomic mass is 9.91. The molecule has 10 nitrogen and oxygen atoms in total. The summed E-state index contributed by atoms with van der Waals surface area (Å²) in [7, 11) is 3.41. The number of nitrogens with one attached hydrogen (secondary N) is 1. The third-order valence-electron chi connectivity index (χ3n) is 10.8. The quantitative estimate of drug-likeness (QED) is 0.176. The number of ether oxygens (including phenoxy) is 2. The molecule has 2 fully saturated rings. The first-order valence-corrected chi connectivity index (χ1v) is 18.4. The fourth-order valence-corrected chi connectivity index (χ4v) is 7.90. The van der Waals surface area contributed by atoms with E-state index in [0.717, 1.165) is 127 Å². The van der Waals surface area contributed by atoms with Gasteiger partial charge in [-0.25, -0.2) is 4.98 Å². The van der Waals surface area contributed by atoms with Crippen molar-refractivity contribution in [3.63, 3.8) is 0 Å². The maximum Gasteiger partial charge on any atom is 0.218 e. The summed E-state index contributed by atoms with van der Waals surface area (Å²) in [5, 5.41) is 3.06. The molecule has 6 rings (SSSR count). The molecule has 0 aliphatic carbocycles. The number of rotatable bonds is 12. The molecular weight excluding hydrogens is 652 g/mol. The predicted octanol–water partition coefficient (Wildman–Crippen LogP) is 6.30. The third kappa shape index (κ3) is 8.62. The van der Waals surface area contributed by atoms with E-state index < -0.39 is 0 Å². The van der Waals surface area contributed by atoms with E-state index in [1.807, 2.05) is 6.20 Å². The fourth-order valence-electron chi connectivity index (χ4n) is 7.90. The second-order valence-electron chi connectivity index (χ2n) is 14.3. The minimum atomic E-state index is -0.214. The van der Waals surface area contributed by atoms with Crippen molar-refractivity contribution >= 4 is 11.8 Å². The van der Waals surface area contributed by atoms with Gasteiger partial charge in [-0.2, -0.15) is 0 Å². The molecule has 3 N–H and O–H groups in total. The summed E-state index contributed by atoms with van der Waals surface area (Å²) in [5.41, 5.74) is 16.0. The van der Waals surface area contributed by atoms with Gasteiger partial charge in [-0.05, 0) is 99.0 Å². The van der Waals surface area contributed by atoms with E-state index in [1.165, 1.54) is 0 Å². The van der Waals surface area contributed by atoms with Gasteiger partial charge in [-0.15, -0.1) is 0 Å². The smallest absolute Gasteiger partial charge is 0.218 e. The number of hydrogen-bond donors (Lipinski definition) is 2. The van der Waals surface area contributed by atoms with Crippen molar-refractivity contribution in [1.29, 1.82) is 0 Å². The van der Waals surface area contributed by atoms with Crippen LogP contribution >= 0.6 is 0 Å². The number of primary amides is 1. The fraction of sp³-hybridized carbons (Fsp3) is 0.429. The molecule has 0 atom stereocenters. The maximum absolute atomic E-state index is 11.5. The molecule has 52 heavy (non-hydrogen) atoms. The monoisotopic (exact) mass is 704 g/mol. The Balaban J connectivity index is 1.20. The van der Waals surface area contributed by atoms with Gasteiger partial charge < -0.3 is 20.5 Å². The minimum absolute atomic E-state index is 0.0399. The van der Waals surface area contributed by atoms with Gasteiger partial charge in [0.2, 0.25) is 17.7 Å². The van der Waals surface area contributed by atoms with Crippen LogP contribution in [-0.4, -0.2) is 78.0 Å². The highest BCUT2D eigenvalue weighted by molar-refractivity contribution is 5.82. The van der Waals surface area contributed by atoms with Crippen molar-refractivity contribution in [2.45, 2.75) is 72.0 Å². The van der Waals surface area contributed by atoms with Crippen LogP contribution in [0.25, 0.3) is 33.6 Å². The molecule has 2 aliphatic rings. The van der Waals surface area contributed by atoms with Crippen LogP contribution in [0.2, 0.25) is 0 Å². The predicted molar refractivity (Wildman–Crippen MR) is 205 cm³/mol. The first-order valence-electron chi connectivity index (χ1n) is 18.4. The zero-order valence-electron chi connectivity index (χ0n) is 31.2. The summed E-state index contributed by atoms with van der Waals surface area (Å²) in [6.07, 6.45) is 6.20. The first kappa shape index (κ1) is 37.0. The second kappa shape index (κ2) is 16.7. The van der Waals surface area contributed by atoms with Crippen LogP contribution in [0, 0.1) is 19.8 Å². The summed E-state index contributed by atoms with van der Waals surface area (Å²) in [6.45, 7) is 11.1. The van der Waals surface area contributed by atoms with Gasteiger partial charge in [0.1, 0.15) is 5.75 Å². The van der Waals surface area contributed by atoms with Gasteiger partial charge in [0.25, 0.3) is 0 Å². The molecule has 0 unspecified atom stereocenters. The Labute approximate surface area is 307 Å². The lowest BCUT2D eigenvalue weighted by molar-refractivity contribution is -0.120. The molecule has 0 spiro atoms. The van der Waals surface area contributed by atoms with E-state index in [2.05, 4.69) is 83.6 Å². The number of likely N-dealkylation sites (tertiary alicyclic amines) is 2. The SMILES string of the molecule is COc1cc(-c2nccc(-c3cccc(-c4ccc(CN5CCC(CC(N)=O)CC5)c(OC)n4)c3C)c2C)ccc1CN1CCC(NC(C)=O)CC1. The molecule has 2 aromatic carbocycles. The van der Waals surface area contributed by atoms with Gasteiger partial charge in [0.05, 0.1) is 25.6 Å². The number of nitrogens with two attached hydrogens (primary N) is 1. The van der Waals surface area contributed by atoms with Gasteiger partial charge in [0, 0.05) is 74.0 Å². The number of nitrogens with zero attached hydrogens (tertiary/aromatic N) is 4. The Morgan fingerprint density at radius 1 is 0.827 bits per heavy atom. The number of carbonyl (C=O) groups is 2. The van der Waals surface area contributed by atoms with Crippen LogP contribution in [0.15, 0.2) is 60.8 Å². The number of pyridine rings is 2. The number of amides is 2. The molecule has 2 aliphatic heterocycles. The van der Waals surface area contributed by atoms with Crippen molar-refractivity contribution < 1.29 is 19.1 Å². The Kier molecular flexibility index (Phi) is 11.9. The lowest BCUT2D eigenvalue weighted by Crippen LogP contribution is -2.43. The molecule has 2 saturated heterocycles. The topological polar surface area (TPSA) is 123 Å². The van der Waals surface area contributed by atoms with Crippen molar-refractivity contribution in [3.05, 3.63) is 83.0 Å².